The van der Waals surface area contributed by atoms with Gasteiger partial charge in [-0.25, -0.2) is 4.79 Å². The molecule has 0 saturated carbocycles. The van der Waals surface area contributed by atoms with E-state index < -0.39 is 30.5 Å². The van der Waals surface area contributed by atoms with Crippen LogP contribution in [0, 0.1) is 0 Å². The molecule has 4 atom stereocenters. The number of rotatable bonds is 3. The second-order valence-electron chi connectivity index (χ2n) is 5.24. The zero-order chi connectivity index (χ0) is 15.7. The number of hydrogen-bond acceptors (Lipinski definition) is 5. The predicted molar refractivity (Wildman–Crippen MR) is 75.7 cm³/mol. The average molecular weight is 306 g/mol. The highest BCUT2D eigenvalue weighted by Gasteiger charge is 2.54. The van der Waals surface area contributed by atoms with Gasteiger partial charge in [0.25, 0.3) is 5.91 Å². The summed E-state index contributed by atoms with van der Waals surface area (Å²) in [5.74, 6) is -0.364. The molecule has 2 aliphatic heterocycles. The fraction of sp³-hybridized carbons (Fsp3) is 0.467. The summed E-state index contributed by atoms with van der Waals surface area (Å²) in [6.45, 7) is 2.10. The molecule has 7 nitrogen and oxygen atoms in total. The van der Waals surface area contributed by atoms with E-state index >= 15 is 0 Å². The van der Waals surface area contributed by atoms with E-state index in [1.54, 1.807) is 6.92 Å². The van der Waals surface area contributed by atoms with Gasteiger partial charge >= 0.3 is 6.09 Å². The van der Waals surface area contributed by atoms with Gasteiger partial charge in [0, 0.05) is 5.56 Å². The smallest absolute Gasteiger partial charge is 0.407 e. The Balaban J connectivity index is 1.78. The summed E-state index contributed by atoms with van der Waals surface area (Å²) in [6, 6.07) is 7.84. The van der Waals surface area contributed by atoms with Crippen LogP contribution in [-0.4, -0.2) is 53.4 Å². The average Bonchev–Trinajstić information content (AvgIpc) is 3.05. The number of alkyl carbamates (subject to hydrolysis) is 1. The lowest BCUT2D eigenvalue weighted by Gasteiger charge is -2.22. The standard InChI is InChI=1S/C15H18N2O5/c1-2-21-15(20)16-11-12(18)10-8-22-14(17(10)13(11)19)9-6-4-3-5-7-9/h3-7,10-12,14,18H,2,8H2,1H3,(H,16,20)/t10-,11-,12-,14-/m1/s1. The Hall–Kier alpha value is -2.12. The zero-order valence-corrected chi connectivity index (χ0v) is 12.1. The van der Waals surface area contributed by atoms with Crippen molar-refractivity contribution in [3.8, 4) is 0 Å². The van der Waals surface area contributed by atoms with Gasteiger partial charge < -0.3 is 24.8 Å². The maximum absolute atomic E-state index is 12.5. The summed E-state index contributed by atoms with van der Waals surface area (Å²) in [4.78, 5) is 25.5. The molecule has 2 amide bonds. The molecule has 1 aromatic rings. The van der Waals surface area contributed by atoms with Crippen molar-refractivity contribution < 1.29 is 24.2 Å². The highest BCUT2D eigenvalue weighted by molar-refractivity contribution is 5.89. The van der Waals surface area contributed by atoms with E-state index in [9.17, 15) is 14.7 Å². The minimum absolute atomic E-state index is 0.200. The summed E-state index contributed by atoms with van der Waals surface area (Å²) in [5, 5.41) is 12.7. The first kappa shape index (κ1) is 14.8. The van der Waals surface area contributed by atoms with E-state index in [2.05, 4.69) is 5.32 Å². The van der Waals surface area contributed by atoms with E-state index in [1.807, 2.05) is 30.3 Å². The molecule has 3 rings (SSSR count). The molecule has 2 fully saturated rings. The first-order valence-corrected chi connectivity index (χ1v) is 7.23. The lowest BCUT2D eigenvalue weighted by molar-refractivity contribution is -0.135. The molecule has 7 heteroatoms. The second kappa shape index (κ2) is 5.94. The molecular weight excluding hydrogens is 288 g/mol. The number of carbonyl (C=O) groups excluding carboxylic acids is 2. The van der Waals surface area contributed by atoms with Crippen molar-refractivity contribution in [2.24, 2.45) is 0 Å². The van der Waals surface area contributed by atoms with Crippen molar-refractivity contribution in [1.29, 1.82) is 0 Å². The number of aliphatic hydroxyl groups is 1. The molecule has 2 heterocycles. The van der Waals surface area contributed by atoms with Crippen LogP contribution in [0.2, 0.25) is 0 Å². The van der Waals surface area contributed by atoms with Crippen LogP contribution in [0.4, 0.5) is 4.79 Å². The van der Waals surface area contributed by atoms with Gasteiger partial charge in [-0.1, -0.05) is 30.3 Å². The van der Waals surface area contributed by atoms with E-state index in [0.717, 1.165) is 5.56 Å². The number of nitrogens with one attached hydrogen (secondary N) is 1. The summed E-state index contributed by atoms with van der Waals surface area (Å²) >= 11 is 0. The van der Waals surface area contributed by atoms with Gasteiger partial charge in [-0.2, -0.15) is 0 Å². The fourth-order valence-corrected chi connectivity index (χ4v) is 2.92. The van der Waals surface area contributed by atoms with Gasteiger partial charge in [0.2, 0.25) is 0 Å². The maximum Gasteiger partial charge on any atom is 0.407 e. The molecule has 0 aromatic heterocycles. The molecule has 0 aliphatic carbocycles. The number of benzene rings is 1. The molecule has 0 radical (unpaired) electrons. The summed E-state index contributed by atoms with van der Waals surface area (Å²) < 4.78 is 10.4. The molecule has 1 aromatic carbocycles. The first-order valence-electron chi connectivity index (χ1n) is 7.23. The second-order valence-corrected chi connectivity index (χ2v) is 5.24. The molecule has 0 bridgehead atoms. The minimum atomic E-state index is -1.02. The largest absolute Gasteiger partial charge is 0.450 e. The quantitative estimate of drug-likeness (QED) is 0.844. The van der Waals surface area contributed by atoms with Gasteiger partial charge in [0.05, 0.1) is 19.3 Å². The molecule has 2 aliphatic rings. The number of ether oxygens (including phenoxy) is 2. The number of carbonyl (C=O) groups is 2. The molecule has 118 valence electrons. The van der Waals surface area contributed by atoms with Crippen LogP contribution in [0.25, 0.3) is 0 Å². The number of amides is 2. The summed E-state index contributed by atoms with van der Waals surface area (Å²) in [5.41, 5.74) is 0.835. The molecule has 2 N–H and O–H groups in total. The molecule has 0 unspecified atom stereocenters. The van der Waals surface area contributed by atoms with Gasteiger partial charge in [-0.05, 0) is 6.92 Å². The van der Waals surface area contributed by atoms with Crippen LogP contribution in [-0.2, 0) is 14.3 Å². The predicted octanol–water partition coefficient (Wildman–Crippen LogP) is 0.402. The molecule has 0 spiro atoms. The lowest BCUT2D eigenvalue weighted by atomic mass is 10.1. The first-order chi connectivity index (χ1) is 10.6. The molecular formula is C15H18N2O5. The molecule has 2 saturated heterocycles. The van der Waals surface area contributed by atoms with Crippen LogP contribution in [0.15, 0.2) is 30.3 Å². The Kier molecular flexibility index (Phi) is 4.00. The van der Waals surface area contributed by atoms with Crippen LogP contribution in [0.3, 0.4) is 0 Å². The third-order valence-electron chi connectivity index (χ3n) is 3.92. The number of nitrogens with zero attached hydrogens (tertiary/aromatic N) is 1. The van der Waals surface area contributed by atoms with E-state index in [-0.39, 0.29) is 19.1 Å². The normalized spacial score (nSPS) is 30.3. The van der Waals surface area contributed by atoms with Crippen LogP contribution in [0.1, 0.15) is 18.7 Å². The van der Waals surface area contributed by atoms with Crippen molar-refractivity contribution in [1.82, 2.24) is 10.2 Å². The van der Waals surface area contributed by atoms with Crippen molar-refractivity contribution in [3.63, 3.8) is 0 Å². The maximum atomic E-state index is 12.5. The van der Waals surface area contributed by atoms with Gasteiger partial charge in [0.1, 0.15) is 12.1 Å². The summed E-state index contributed by atoms with van der Waals surface area (Å²) in [7, 11) is 0. The van der Waals surface area contributed by atoms with E-state index in [1.165, 1.54) is 4.90 Å². The van der Waals surface area contributed by atoms with E-state index in [4.69, 9.17) is 9.47 Å². The lowest BCUT2D eigenvalue weighted by Crippen LogP contribution is -2.47. The van der Waals surface area contributed by atoms with Gasteiger partial charge in [0.15, 0.2) is 6.23 Å². The van der Waals surface area contributed by atoms with Crippen LogP contribution in [0.5, 0.6) is 0 Å². The SMILES string of the molecule is CCOC(=O)N[C@H]1C(=O)N2[C@@H](c3ccccc3)OC[C@@H]2[C@H]1O. The zero-order valence-electron chi connectivity index (χ0n) is 12.1. The third-order valence-corrected chi connectivity index (χ3v) is 3.92. The minimum Gasteiger partial charge on any atom is -0.450 e. The van der Waals surface area contributed by atoms with E-state index in [0.29, 0.717) is 0 Å². The van der Waals surface area contributed by atoms with Crippen molar-refractivity contribution >= 4 is 12.0 Å². The van der Waals surface area contributed by atoms with Gasteiger partial charge in [-0.3, -0.25) is 4.79 Å². The fourth-order valence-electron chi connectivity index (χ4n) is 2.92. The Labute approximate surface area is 127 Å². The third kappa shape index (κ3) is 2.42. The van der Waals surface area contributed by atoms with Crippen LogP contribution >= 0.6 is 0 Å². The molecule has 22 heavy (non-hydrogen) atoms. The van der Waals surface area contributed by atoms with Gasteiger partial charge in [-0.15, -0.1) is 0 Å². The number of fused-ring (bicyclic) bond motifs is 1. The highest BCUT2D eigenvalue weighted by Crippen LogP contribution is 2.37. The Morgan fingerprint density at radius 1 is 1.45 bits per heavy atom. The van der Waals surface area contributed by atoms with Crippen molar-refractivity contribution in [2.75, 3.05) is 13.2 Å². The number of aliphatic hydroxyl groups excluding tert-OH is 1. The Morgan fingerprint density at radius 3 is 2.86 bits per heavy atom. The number of hydrogen-bond donors (Lipinski definition) is 2. The Bertz CT molecular complexity index is 564. The summed E-state index contributed by atoms with van der Waals surface area (Å²) in [6.07, 6.45) is -2.27. The van der Waals surface area contributed by atoms with Crippen molar-refractivity contribution in [3.05, 3.63) is 35.9 Å². The topological polar surface area (TPSA) is 88.1 Å². The Morgan fingerprint density at radius 2 is 2.18 bits per heavy atom. The van der Waals surface area contributed by atoms with Crippen molar-refractivity contribution in [2.45, 2.75) is 31.3 Å². The van der Waals surface area contributed by atoms with Crippen LogP contribution < -0.4 is 5.32 Å². The highest BCUT2D eigenvalue weighted by atomic mass is 16.5. The monoisotopic (exact) mass is 306 g/mol.